The minimum Gasteiger partial charge on any atom is -0.492 e. The van der Waals surface area contributed by atoms with E-state index < -0.39 is 16.1 Å². The van der Waals surface area contributed by atoms with Crippen molar-refractivity contribution in [3.63, 3.8) is 0 Å². The Morgan fingerprint density at radius 2 is 2.09 bits per heavy atom. The number of ether oxygens (including phenoxy) is 1. The SMILES string of the molecule is Cc1[nH]nc2cc(OCCNCC(O)c3cccc(NS(=O)(=O)c4ccsc4)c3)ccc12. The van der Waals surface area contributed by atoms with Gasteiger partial charge in [-0.25, -0.2) is 8.42 Å². The number of nitrogens with one attached hydrogen (secondary N) is 3. The normalized spacial score (nSPS) is 12.7. The van der Waals surface area contributed by atoms with Gasteiger partial charge in [-0.2, -0.15) is 16.4 Å². The van der Waals surface area contributed by atoms with E-state index in [2.05, 4.69) is 20.2 Å². The lowest BCUT2D eigenvalue weighted by Crippen LogP contribution is -2.26. The van der Waals surface area contributed by atoms with Crippen LogP contribution in [0.15, 0.2) is 64.2 Å². The predicted octanol–water partition coefficient (Wildman–Crippen LogP) is 3.44. The molecule has 2 aromatic heterocycles. The topological polar surface area (TPSA) is 116 Å². The molecule has 1 unspecified atom stereocenters. The number of fused-ring (bicyclic) bond motifs is 1. The van der Waals surface area contributed by atoms with Crippen LogP contribution >= 0.6 is 11.3 Å². The summed E-state index contributed by atoms with van der Waals surface area (Å²) < 4.78 is 33.0. The molecule has 0 saturated heterocycles. The number of thiophene rings is 1. The number of anilines is 1. The van der Waals surface area contributed by atoms with Gasteiger partial charge in [0.05, 0.1) is 16.5 Å². The number of aromatic nitrogens is 2. The fourth-order valence-corrected chi connectivity index (χ4v) is 5.32. The minimum absolute atomic E-state index is 0.219. The summed E-state index contributed by atoms with van der Waals surface area (Å²) in [6, 6.07) is 14.1. The molecule has 4 aromatic rings. The van der Waals surface area contributed by atoms with Crippen molar-refractivity contribution in [1.29, 1.82) is 0 Å². The third-order valence-corrected chi connectivity index (χ3v) is 7.14. The standard InChI is InChI=1S/C22H24N4O4S2/c1-15-20-6-5-18(12-21(20)25-24-15)30-9-8-23-13-22(27)16-3-2-4-17(11-16)26-32(28,29)19-7-10-31-14-19/h2-7,10-12,14,22-23,26-27H,8-9,13H2,1H3,(H,24,25). The van der Waals surface area contributed by atoms with Gasteiger partial charge in [-0.05, 0) is 48.2 Å². The summed E-state index contributed by atoms with van der Waals surface area (Å²) in [6.45, 7) is 3.25. The lowest BCUT2D eigenvalue weighted by Gasteiger charge is -2.14. The number of hydrogen-bond donors (Lipinski definition) is 4. The maximum absolute atomic E-state index is 12.4. The third-order valence-electron chi connectivity index (χ3n) is 4.93. The molecule has 4 rings (SSSR count). The monoisotopic (exact) mass is 472 g/mol. The highest BCUT2D eigenvalue weighted by molar-refractivity contribution is 7.92. The van der Waals surface area contributed by atoms with Gasteiger partial charge in [-0.3, -0.25) is 9.82 Å². The molecule has 0 aliphatic heterocycles. The third kappa shape index (κ3) is 5.28. The molecular weight excluding hydrogens is 448 g/mol. The molecule has 0 bridgehead atoms. The highest BCUT2D eigenvalue weighted by atomic mass is 32.2. The zero-order valence-corrected chi connectivity index (χ0v) is 19.0. The van der Waals surface area contributed by atoms with E-state index in [0.717, 1.165) is 22.3 Å². The molecule has 0 fully saturated rings. The number of nitrogens with zero attached hydrogens (tertiary/aromatic N) is 1. The highest BCUT2D eigenvalue weighted by Gasteiger charge is 2.15. The van der Waals surface area contributed by atoms with E-state index in [4.69, 9.17) is 4.74 Å². The first-order valence-corrected chi connectivity index (χ1v) is 12.5. The molecule has 0 aliphatic carbocycles. The average molecular weight is 473 g/mol. The van der Waals surface area contributed by atoms with Gasteiger partial charge in [0.25, 0.3) is 10.0 Å². The summed E-state index contributed by atoms with van der Waals surface area (Å²) in [6.07, 6.45) is -0.788. The van der Waals surface area contributed by atoms with E-state index in [-0.39, 0.29) is 4.90 Å². The fraction of sp³-hybridized carbons (Fsp3) is 0.227. The van der Waals surface area contributed by atoms with Crippen LogP contribution in [0.2, 0.25) is 0 Å². The first-order valence-electron chi connectivity index (χ1n) is 10.0. The number of benzene rings is 2. The Labute approximate surface area is 190 Å². The number of aliphatic hydroxyl groups is 1. The number of H-pyrrole nitrogens is 1. The van der Waals surface area contributed by atoms with Crippen LogP contribution in [0.5, 0.6) is 5.75 Å². The van der Waals surface area contributed by atoms with Crippen molar-refractivity contribution in [2.75, 3.05) is 24.4 Å². The fourth-order valence-electron chi connectivity index (χ4n) is 3.24. The lowest BCUT2D eigenvalue weighted by atomic mass is 10.1. The van der Waals surface area contributed by atoms with Crippen LogP contribution in [-0.4, -0.2) is 43.4 Å². The molecule has 0 saturated carbocycles. The number of hydrogen-bond acceptors (Lipinski definition) is 7. The summed E-state index contributed by atoms with van der Waals surface area (Å²) in [4.78, 5) is 0.219. The van der Waals surface area contributed by atoms with Crippen molar-refractivity contribution in [3.8, 4) is 5.75 Å². The highest BCUT2D eigenvalue weighted by Crippen LogP contribution is 2.22. The number of sulfonamides is 1. The second kappa shape index (κ2) is 9.70. The van der Waals surface area contributed by atoms with Crippen LogP contribution in [0.25, 0.3) is 10.9 Å². The summed E-state index contributed by atoms with van der Waals surface area (Å²) in [5, 5.41) is 25.1. The molecule has 0 radical (unpaired) electrons. The van der Waals surface area contributed by atoms with E-state index >= 15 is 0 Å². The van der Waals surface area contributed by atoms with E-state index in [1.165, 1.54) is 11.3 Å². The van der Waals surface area contributed by atoms with E-state index in [1.54, 1.807) is 41.1 Å². The van der Waals surface area contributed by atoms with E-state index in [9.17, 15) is 13.5 Å². The quantitative estimate of drug-likeness (QED) is 0.263. The van der Waals surface area contributed by atoms with Crippen LogP contribution in [0, 0.1) is 6.92 Å². The molecule has 2 aromatic carbocycles. The largest absolute Gasteiger partial charge is 0.492 e. The lowest BCUT2D eigenvalue weighted by molar-refractivity contribution is 0.172. The first-order chi connectivity index (χ1) is 15.4. The Hall–Kier alpha value is -2.92. The van der Waals surface area contributed by atoms with Gasteiger partial charge in [0.1, 0.15) is 12.4 Å². The van der Waals surface area contributed by atoms with Gasteiger partial charge in [0.2, 0.25) is 0 Å². The molecule has 8 nitrogen and oxygen atoms in total. The smallest absolute Gasteiger partial charge is 0.262 e. The first kappa shape index (κ1) is 22.3. The summed E-state index contributed by atoms with van der Waals surface area (Å²) in [5.74, 6) is 0.733. The van der Waals surface area contributed by atoms with Gasteiger partial charge in [-0.1, -0.05) is 12.1 Å². The summed E-state index contributed by atoms with van der Waals surface area (Å²) in [5.41, 5.74) is 2.90. The molecule has 10 heteroatoms. The van der Waals surface area contributed by atoms with Crippen molar-refractivity contribution in [2.24, 2.45) is 0 Å². The van der Waals surface area contributed by atoms with Crippen molar-refractivity contribution < 1.29 is 18.3 Å². The Balaban J connectivity index is 1.25. The van der Waals surface area contributed by atoms with Crippen LogP contribution in [-0.2, 0) is 10.0 Å². The van der Waals surface area contributed by atoms with Gasteiger partial charge >= 0.3 is 0 Å². The van der Waals surface area contributed by atoms with Gasteiger partial charge in [0.15, 0.2) is 0 Å². The Bertz CT molecular complexity index is 1290. The molecular formula is C22H24N4O4S2. The van der Waals surface area contributed by atoms with Crippen molar-refractivity contribution in [3.05, 3.63) is 70.5 Å². The molecule has 1 atom stereocenters. The van der Waals surface area contributed by atoms with Gasteiger partial charge in [-0.15, -0.1) is 0 Å². The number of aryl methyl sites for hydroxylation is 1. The molecule has 4 N–H and O–H groups in total. The summed E-state index contributed by atoms with van der Waals surface area (Å²) >= 11 is 1.32. The van der Waals surface area contributed by atoms with E-state index in [0.29, 0.717) is 30.9 Å². The van der Waals surface area contributed by atoms with Crippen molar-refractivity contribution in [2.45, 2.75) is 17.9 Å². The molecule has 168 valence electrons. The van der Waals surface area contributed by atoms with Crippen LogP contribution in [0.3, 0.4) is 0 Å². The second-order valence-electron chi connectivity index (χ2n) is 7.29. The molecule has 0 aliphatic rings. The molecule has 0 spiro atoms. The van der Waals surface area contributed by atoms with Crippen LogP contribution in [0.1, 0.15) is 17.4 Å². The predicted molar refractivity (Wildman–Crippen MR) is 126 cm³/mol. The zero-order valence-electron chi connectivity index (χ0n) is 17.4. The Kier molecular flexibility index (Phi) is 6.75. The van der Waals surface area contributed by atoms with Gasteiger partial charge in [0, 0.05) is 41.3 Å². The van der Waals surface area contributed by atoms with Crippen LogP contribution in [0.4, 0.5) is 5.69 Å². The maximum atomic E-state index is 12.4. The number of rotatable bonds is 10. The number of aliphatic hydroxyl groups excluding tert-OH is 1. The maximum Gasteiger partial charge on any atom is 0.262 e. The molecule has 2 heterocycles. The average Bonchev–Trinajstić information content (AvgIpc) is 3.44. The zero-order chi connectivity index (χ0) is 22.6. The Morgan fingerprint density at radius 1 is 1.22 bits per heavy atom. The van der Waals surface area contributed by atoms with E-state index in [1.807, 2.05) is 25.1 Å². The van der Waals surface area contributed by atoms with Crippen LogP contribution < -0.4 is 14.8 Å². The molecule has 32 heavy (non-hydrogen) atoms. The Morgan fingerprint density at radius 3 is 2.91 bits per heavy atom. The minimum atomic E-state index is -3.64. The summed E-state index contributed by atoms with van der Waals surface area (Å²) in [7, 11) is -3.64. The van der Waals surface area contributed by atoms with Crippen molar-refractivity contribution in [1.82, 2.24) is 15.5 Å². The van der Waals surface area contributed by atoms with Crippen molar-refractivity contribution >= 4 is 38.0 Å². The second-order valence-corrected chi connectivity index (χ2v) is 9.75. The number of aromatic amines is 1. The van der Waals surface area contributed by atoms with Gasteiger partial charge < -0.3 is 15.2 Å². The molecule has 0 amide bonds.